The molecule has 1 aromatic carbocycles. The van der Waals surface area contributed by atoms with E-state index in [0.717, 1.165) is 19.8 Å². The molecule has 1 atom stereocenters. The molecule has 0 aliphatic heterocycles. The SMILES string of the molecule is Cc1cc(C(Cl)c2cc(C)c(Br)s2)c(Cl)cc1F. The summed E-state index contributed by atoms with van der Waals surface area (Å²) in [5.74, 6) is -0.309. The van der Waals surface area contributed by atoms with Crippen LogP contribution in [0.15, 0.2) is 22.0 Å². The Balaban J connectivity index is 2.45. The van der Waals surface area contributed by atoms with E-state index < -0.39 is 0 Å². The molecule has 0 fully saturated rings. The van der Waals surface area contributed by atoms with E-state index in [-0.39, 0.29) is 11.2 Å². The zero-order valence-corrected chi connectivity index (χ0v) is 13.6. The molecule has 0 saturated carbocycles. The highest BCUT2D eigenvalue weighted by Gasteiger charge is 2.19. The Kier molecular flexibility index (Phi) is 4.37. The molecule has 18 heavy (non-hydrogen) atoms. The van der Waals surface area contributed by atoms with Gasteiger partial charge in [-0.3, -0.25) is 0 Å². The lowest BCUT2D eigenvalue weighted by Gasteiger charge is -2.11. The summed E-state index contributed by atoms with van der Waals surface area (Å²) in [6.07, 6.45) is 0. The van der Waals surface area contributed by atoms with E-state index in [1.165, 1.54) is 6.07 Å². The highest BCUT2D eigenvalue weighted by atomic mass is 79.9. The van der Waals surface area contributed by atoms with Gasteiger partial charge in [-0.15, -0.1) is 22.9 Å². The van der Waals surface area contributed by atoms with Crippen LogP contribution in [0, 0.1) is 19.7 Å². The first-order chi connectivity index (χ1) is 8.40. The smallest absolute Gasteiger partial charge is 0.127 e. The van der Waals surface area contributed by atoms with E-state index in [9.17, 15) is 4.39 Å². The Hall–Kier alpha value is -0.0900. The Morgan fingerprint density at radius 3 is 2.44 bits per heavy atom. The molecule has 0 spiro atoms. The van der Waals surface area contributed by atoms with E-state index >= 15 is 0 Å². The minimum atomic E-state index is -0.355. The summed E-state index contributed by atoms with van der Waals surface area (Å²) in [5.41, 5.74) is 2.42. The van der Waals surface area contributed by atoms with Crippen LogP contribution in [-0.4, -0.2) is 0 Å². The Morgan fingerprint density at radius 1 is 1.22 bits per heavy atom. The van der Waals surface area contributed by atoms with Crippen LogP contribution in [-0.2, 0) is 0 Å². The standard InChI is InChI=1S/C13H10BrCl2FS/c1-6-3-8(9(15)5-10(6)17)12(16)11-4-7(2)13(14)18-11/h3-5,12H,1-2H3. The van der Waals surface area contributed by atoms with Gasteiger partial charge in [-0.25, -0.2) is 4.39 Å². The molecule has 0 aliphatic rings. The summed E-state index contributed by atoms with van der Waals surface area (Å²) in [4.78, 5) is 0.994. The first-order valence-corrected chi connectivity index (χ1v) is 7.68. The molecule has 96 valence electrons. The van der Waals surface area contributed by atoms with Gasteiger partial charge in [-0.1, -0.05) is 11.6 Å². The molecule has 0 radical (unpaired) electrons. The predicted molar refractivity (Wildman–Crippen MR) is 80.6 cm³/mol. The van der Waals surface area contributed by atoms with Gasteiger partial charge in [-0.05, 0) is 64.7 Å². The molecule has 0 saturated heterocycles. The van der Waals surface area contributed by atoms with Crippen molar-refractivity contribution in [1.29, 1.82) is 0 Å². The third-order valence-electron chi connectivity index (χ3n) is 2.68. The Morgan fingerprint density at radius 2 is 1.89 bits per heavy atom. The number of benzene rings is 1. The molecule has 1 aromatic heterocycles. The van der Waals surface area contributed by atoms with Crippen LogP contribution in [0.5, 0.6) is 0 Å². The molecule has 2 rings (SSSR count). The molecule has 0 amide bonds. The average Bonchev–Trinajstić information content (AvgIpc) is 2.63. The van der Waals surface area contributed by atoms with Gasteiger partial charge in [0.15, 0.2) is 0 Å². The van der Waals surface area contributed by atoms with Gasteiger partial charge in [0.2, 0.25) is 0 Å². The van der Waals surface area contributed by atoms with Crippen molar-refractivity contribution in [1.82, 2.24) is 0 Å². The summed E-state index contributed by atoms with van der Waals surface area (Å²) in [6, 6.07) is 5.04. The lowest BCUT2D eigenvalue weighted by molar-refractivity contribution is 0.618. The van der Waals surface area contributed by atoms with Gasteiger partial charge in [0.05, 0.1) is 9.16 Å². The van der Waals surface area contributed by atoms with Crippen molar-refractivity contribution in [3.05, 3.63) is 54.4 Å². The Labute approximate surface area is 128 Å². The van der Waals surface area contributed by atoms with E-state index in [0.29, 0.717) is 10.6 Å². The maximum absolute atomic E-state index is 13.4. The van der Waals surface area contributed by atoms with Gasteiger partial charge in [0.1, 0.15) is 5.82 Å². The van der Waals surface area contributed by atoms with Crippen molar-refractivity contribution in [2.24, 2.45) is 0 Å². The minimum absolute atomic E-state index is 0.309. The number of alkyl halides is 1. The van der Waals surface area contributed by atoms with E-state index in [1.54, 1.807) is 24.3 Å². The van der Waals surface area contributed by atoms with Crippen LogP contribution < -0.4 is 0 Å². The summed E-state index contributed by atoms with van der Waals surface area (Å²) in [6.45, 7) is 3.71. The number of aryl methyl sites for hydroxylation is 2. The summed E-state index contributed by atoms with van der Waals surface area (Å²) in [5, 5.41) is 0.00655. The van der Waals surface area contributed by atoms with Gasteiger partial charge >= 0.3 is 0 Å². The summed E-state index contributed by atoms with van der Waals surface area (Å²) in [7, 11) is 0. The zero-order chi connectivity index (χ0) is 13.4. The Bertz CT molecular complexity index is 575. The quantitative estimate of drug-likeness (QED) is 0.550. The zero-order valence-electron chi connectivity index (χ0n) is 9.73. The van der Waals surface area contributed by atoms with E-state index in [2.05, 4.69) is 15.9 Å². The van der Waals surface area contributed by atoms with E-state index in [1.807, 2.05) is 13.0 Å². The monoisotopic (exact) mass is 366 g/mol. The van der Waals surface area contributed by atoms with Crippen molar-refractivity contribution in [2.75, 3.05) is 0 Å². The van der Waals surface area contributed by atoms with Crippen LogP contribution in [0.4, 0.5) is 4.39 Å². The maximum atomic E-state index is 13.4. The third kappa shape index (κ3) is 2.74. The summed E-state index contributed by atoms with van der Waals surface area (Å²) < 4.78 is 14.4. The fourth-order valence-electron chi connectivity index (χ4n) is 1.64. The van der Waals surface area contributed by atoms with Crippen LogP contribution in [0.25, 0.3) is 0 Å². The van der Waals surface area contributed by atoms with Crippen molar-refractivity contribution in [3.8, 4) is 0 Å². The van der Waals surface area contributed by atoms with Gasteiger partial charge in [0, 0.05) is 9.90 Å². The number of hydrogen-bond acceptors (Lipinski definition) is 1. The molecule has 0 N–H and O–H groups in total. The number of rotatable bonds is 2. The maximum Gasteiger partial charge on any atom is 0.127 e. The molecule has 2 aromatic rings. The van der Waals surface area contributed by atoms with Crippen LogP contribution in [0.3, 0.4) is 0 Å². The number of hydrogen-bond donors (Lipinski definition) is 0. The molecule has 0 bridgehead atoms. The topological polar surface area (TPSA) is 0 Å². The molecule has 1 unspecified atom stereocenters. The lowest BCUT2D eigenvalue weighted by Crippen LogP contribution is -1.95. The van der Waals surface area contributed by atoms with Crippen molar-refractivity contribution < 1.29 is 4.39 Å². The van der Waals surface area contributed by atoms with Crippen LogP contribution in [0.2, 0.25) is 5.02 Å². The lowest BCUT2D eigenvalue weighted by atomic mass is 10.1. The predicted octanol–water partition coefficient (Wildman–Crippen LogP) is 6.25. The van der Waals surface area contributed by atoms with Crippen molar-refractivity contribution in [2.45, 2.75) is 19.2 Å². The second-order valence-electron chi connectivity index (χ2n) is 4.09. The van der Waals surface area contributed by atoms with Gasteiger partial charge in [-0.2, -0.15) is 0 Å². The first kappa shape index (κ1) is 14.3. The molecule has 0 nitrogen and oxygen atoms in total. The molecule has 5 heteroatoms. The number of halogens is 4. The highest BCUT2D eigenvalue weighted by Crippen LogP contribution is 2.40. The third-order valence-corrected chi connectivity index (χ3v) is 5.81. The second-order valence-corrected chi connectivity index (χ2v) is 7.34. The fourth-order valence-corrected chi connectivity index (χ4v) is 3.90. The second kappa shape index (κ2) is 5.49. The van der Waals surface area contributed by atoms with Gasteiger partial charge < -0.3 is 0 Å². The van der Waals surface area contributed by atoms with Gasteiger partial charge in [0.25, 0.3) is 0 Å². The van der Waals surface area contributed by atoms with Crippen LogP contribution in [0.1, 0.15) is 26.9 Å². The van der Waals surface area contributed by atoms with Crippen LogP contribution >= 0.6 is 50.5 Å². The summed E-state index contributed by atoms with van der Waals surface area (Å²) >= 11 is 17.5. The molecule has 1 heterocycles. The molecular formula is C13H10BrCl2FS. The average molecular weight is 368 g/mol. The fraction of sp³-hybridized carbons (Fsp3) is 0.231. The minimum Gasteiger partial charge on any atom is -0.207 e. The van der Waals surface area contributed by atoms with E-state index in [4.69, 9.17) is 23.2 Å². The highest BCUT2D eigenvalue weighted by molar-refractivity contribution is 9.11. The van der Waals surface area contributed by atoms with Crippen molar-refractivity contribution in [3.63, 3.8) is 0 Å². The normalized spacial score (nSPS) is 12.8. The largest absolute Gasteiger partial charge is 0.207 e. The molecule has 0 aliphatic carbocycles. The number of thiophene rings is 1. The first-order valence-electron chi connectivity index (χ1n) is 5.25. The van der Waals surface area contributed by atoms with Crippen molar-refractivity contribution >= 4 is 50.5 Å². The molecular weight excluding hydrogens is 358 g/mol.